The fraction of sp³-hybridized carbons (Fsp3) is 0.250. The van der Waals surface area contributed by atoms with Crippen LogP contribution in [0.25, 0.3) is 0 Å². The highest BCUT2D eigenvalue weighted by molar-refractivity contribution is 6.30. The summed E-state index contributed by atoms with van der Waals surface area (Å²) in [5.41, 5.74) is 1.23. The first kappa shape index (κ1) is 29.1. The molecule has 0 fully saturated rings. The average Bonchev–Trinajstić information content (AvgIpc) is 2.93. The number of rotatable bonds is 12. The van der Waals surface area contributed by atoms with Crippen LogP contribution in [0.4, 0.5) is 11.5 Å². The number of amidine groups is 1. The van der Waals surface area contributed by atoms with Gasteiger partial charge in [0.25, 0.3) is 11.8 Å². The molecule has 0 saturated heterocycles. The summed E-state index contributed by atoms with van der Waals surface area (Å²) in [6, 6.07) is 14.0. The van der Waals surface area contributed by atoms with Crippen LogP contribution in [-0.2, 0) is 4.79 Å². The van der Waals surface area contributed by atoms with Crippen LogP contribution < -0.4 is 15.4 Å². The number of carbonyl (C=O) groups is 3. The second-order valence-corrected chi connectivity index (χ2v) is 9.15. The van der Waals surface area contributed by atoms with Crippen LogP contribution in [0, 0.1) is 5.41 Å². The summed E-state index contributed by atoms with van der Waals surface area (Å²) in [7, 11) is 1.87. The van der Waals surface area contributed by atoms with Crippen LogP contribution in [0.1, 0.15) is 52.5 Å². The maximum atomic E-state index is 13.1. The quantitative estimate of drug-likeness (QED) is 0.138. The summed E-state index contributed by atoms with van der Waals surface area (Å²) in [6.07, 6.45) is 4.57. The van der Waals surface area contributed by atoms with Gasteiger partial charge in [-0.3, -0.25) is 15.0 Å². The lowest BCUT2D eigenvalue weighted by molar-refractivity contribution is -0.139. The molecule has 1 aromatic heterocycles. The minimum absolute atomic E-state index is 0.0371. The Bertz CT molecular complexity index is 1330. The van der Waals surface area contributed by atoms with E-state index in [9.17, 15) is 14.4 Å². The van der Waals surface area contributed by atoms with Gasteiger partial charge in [0.2, 0.25) is 0 Å². The lowest BCUT2D eigenvalue weighted by atomic mass is 10.1. The SMILES string of the molecule is CCCCCN(C)C(=N)c1ccc(C(=O)Nc2ccc(OCC(=O)O)cc2C(=O)Nc2ccc(Cl)cn2)cc1. The Morgan fingerprint density at radius 3 is 2.36 bits per heavy atom. The van der Waals surface area contributed by atoms with E-state index < -0.39 is 24.4 Å². The number of anilines is 2. The molecule has 0 aliphatic carbocycles. The lowest BCUT2D eigenvalue weighted by Crippen LogP contribution is -2.27. The molecule has 0 spiro atoms. The molecule has 0 atom stereocenters. The van der Waals surface area contributed by atoms with Gasteiger partial charge >= 0.3 is 5.97 Å². The molecule has 0 unspecified atom stereocenters. The highest BCUT2D eigenvalue weighted by Gasteiger charge is 2.18. The van der Waals surface area contributed by atoms with Crippen LogP contribution in [0.3, 0.4) is 0 Å². The molecule has 2 aromatic carbocycles. The Labute approximate surface area is 231 Å². The second kappa shape index (κ2) is 13.9. The number of carbonyl (C=O) groups excluding carboxylic acids is 2. The fourth-order valence-corrected chi connectivity index (χ4v) is 3.71. The van der Waals surface area contributed by atoms with Crippen molar-refractivity contribution in [2.45, 2.75) is 26.2 Å². The van der Waals surface area contributed by atoms with Gasteiger partial charge in [0.15, 0.2) is 6.61 Å². The molecule has 204 valence electrons. The molecular formula is C28H30ClN5O5. The van der Waals surface area contributed by atoms with Crippen molar-refractivity contribution >= 4 is 46.7 Å². The minimum Gasteiger partial charge on any atom is -0.482 e. The van der Waals surface area contributed by atoms with Crippen LogP contribution in [0.15, 0.2) is 60.8 Å². The third-order valence-corrected chi connectivity index (χ3v) is 5.94. The number of aromatic nitrogens is 1. The summed E-state index contributed by atoms with van der Waals surface area (Å²) >= 11 is 5.85. The summed E-state index contributed by atoms with van der Waals surface area (Å²) in [5, 5.41) is 23.1. The molecule has 11 heteroatoms. The third-order valence-electron chi connectivity index (χ3n) is 5.71. The molecule has 2 amide bonds. The van der Waals surface area contributed by atoms with Crippen molar-refractivity contribution in [3.8, 4) is 5.75 Å². The van der Waals surface area contributed by atoms with E-state index in [0.29, 0.717) is 22.0 Å². The third kappa shape index (κ3) is 8.54. The van der Waals surface area contributed by atoms with Crippen molar-refractivity contribution in [1.82, 2.24) is 9.88 Å². The molecular weight excluding hydrogens is 522 g/mol. The number of halogens is 1. The zero-order valence-corrected chi connectivity index (χ0v) is 22.4. The number of carboxylic acid groups (broad SMARTS) is 1. The van der Waals surface area contributed by atoms with Crippen LogP contribution >= 0.6 is 11.6 Å². The molecule has 1 heterocycles. The summed E-state index contributed by atoms with van der Waals surface area (Å²) in [6.45, 7) is 2.31. The van der Waals surface area contributed by atoms with Gasteiger partial charge in [-0.1, -0.05) is 43.5 Å². The predicted molar refractivity (Wildman–Crippen MR) is 150 cm³/mol. The highest BCUT2D eigenvalue weighted by Crippen LogP contribution is 2.24. The van der Waals surface area contributed by atoms with Gasteiger partial charge in [-0.2, -0.15) is 0 Å². The summed E-state index contributed by atoms with van der Waals surface area (Å²) < 4.78 is 5.21. The monoisotopic (exact) mass is 551 g/mol. The number of pyridine rings is 1. The average molecular weight is 552 g/mol. The standard InChI is InChI=1S/C28H30ClN5O5/c1-3-4-5-14-34(2)26(30)18-6-8-19(9-7-18)27(37)32-23-12-11-21(39-17-25(35)36)15-22(23)28(38)33-24-13-10-20(29)16-31-24/h6-13,15-16,30H,3-5,14,17H2,1-2H3,(H,32,37)(H,35,36)(H,31,33,38). The van der Waals surface area contributed by atoms with Gasteiger partial charge in [-0.15, -0.1) is 0 Å². The largest absolute Gasteiger partial charge is 0.482 e. The van der Waals surface area contributed by atoms with Crippen molar-refractivity contribution in [2.24, 2.45) is 0 Å². The minimum atomic E-state index is -1.17. The first-order valence-corrected chi connectivity index (χ1v) is 12.7. The van der Waals surface area contributed by atoms with Crippen molar-refractivity contribution in [3.05, 3.63) is 82.5 Å². The van der Waals surface area contributed by atoms with Crippen molar-refractivity contribution in [3.63, 3.8) is 0 Å². The van der Waals surface area contributed by atoms with E-state index in [0.717, 1.165) is 25.8 Å². The zero-order chi connectivity index (χ0) is 28.4. The van der Waals surface area contributed by atoms with E-state index in [1.807, 2.05) is 11.9 Å². The fourth-order valence-electron chi connectivity index (χ4n) is 3.59. The molecule has 3 aromatic rings. The van der Waals surface area contributed by atoms with Gasteiger partial charge in [0.1, 0.15) is 17.4 Å². The molecule has 39 heavy (non-hydrogen) atoms. The first-order valence-electron chi connectivity index (χ1n) is 12.3. The van der Waals surface area contributed by atoms with Crippen molar-refractivity contribution in [2.75, 3.05) is 30.8 Å². The summed E-state index contributed by atoms with van der Waals surface area (Å²) in [4.78, 5) is 42.9. The summed E-state index contributed by atoms with van der Waals surface area (Å²) in [5.74, 6) is -1.51. The van der Waals surface area contributed by atoms with Crippen LogP contribution in [-0.4, -0.2) is 58.8 Å². The predicted octanol–water partition coefficient (Wildman–Crippen LogP) is 5.15. The number of benzene rings is 2. The Balaban J connectivity index is 1.78. The number of hydrogen-bond acceptors (Lipinski definition) is 6. The van der Waals surface area contributed by atoms with Crippen LogP contribution in [0.2, 0.25) is 5.02 Å². The second-order valence-electron chi connectivity index (χ2n) is 8.71. The number of aliphatic carboxylic acids is 1. The van der Waals surface area contributed by atoms with Crippen molar-refractivity contribution in [1.29, 1.82) is 5.41 Å². The van der Waals surface area contributed by atoms with Gasteiger partial charge in [0, 0.05) is 30.9 Å². The number of hydrogen-bond donors (Lipinski definition) is 4. The first-order chi connectivity index (χ1) is 18.7. The Morgan fingerprint density at radius 2 is 1.72 bits per heavy atom. The van der Waals surface area contributed by atoms with Gasteiger partial charge in [0.05, 0.1) is 16.3 Å². The Hall–Kier alpha value is -4.44. The van der Waals surface area contributed by atoms with E-state index in [-0.39, 0.29) is 22.8 Å². The van der Waals surface area contributed by atoms with Crippen molar-refractivity contribution < 1.29 is 24.2 Å². The maximum Gasteiger partial charge on any atom is 0.341 e. The van der Waals surface area contributed by atoms with Gasteiger partial charge in [-0.25, -0.2) is 9.78 Å². The normalized spacial score (nSPS) is 10.4. The van der Waals surface area contributed by atoms with E-state index in [2.05, 4.69) is 22.5 Å². The van der Waals surface area contributed by atoms with Crippen LogP contribution in [0.5, 0.6) is 5.75 Å². The molecule has 0 aliphatic rings. The topological polar surface area (TPSA) is 145 Å². The Morgan fingerprint density at radius 1 is 1.00 bits per heavy atom. The molecule has 0 saturated carbocycles. The number of nitrogens with zero attached hydrogens (tertiary/aromatic N) is 2. The molecule has 0 bridgehead atoms. The highest BCUT2D eigenvalue weighted by atomic mass is 35.5. The number of carboxylic acids is 1. The number of ether oxygens (including phenoxy) is 1. The molecule has 10 nitrogen and oxygen atoms in total. The van der Waals surface area contributed by atoms with Gasteiger partial charge < -0.3 is 25.4 Å². The smallest absolute Gasteiger partial charge is 0.341 e. The zero-order valence-electron chi connectivity index (χ0n) is 21.7. The number of unbranched alkanes of at least 4 members (excludes halogenated alkanes) is 2. The van der Waals surface area contributed by atoms with E-state index in [1.165, 1.54) is 30.5 Å². The van der Waals surface area contributed by atoms with E-state index >= 15 is 0 Å². The number of nitrogens with one attached hydrogen (secondary N) is 3. The molecule has 3 rings (SSSR count). The van der Waals surface area contributed by atoms with E-state index in [1.54, 1.807) is 30.3 Å². The molecule has 0 radical (unpaired) electrons. The maximum absolute atomic E-state index is 13.1. The Kier molecular flexibility index (Phi) is 10.4. The lowest BCUT2D eigenvalue weighted by Gasteiger charge is -2.20. The van der Waals surface area contributed by atoms with Gasteiger partial charge in [-0.05, 0) is 48.9 Å². The van der Waals surface area contributed by atoms with E-state index in [4.69, 9.17) is 26.9 Å². The molecule has 0 aliphatic heterocycles. The number of amides is 2. The molecule has 4 N–H and O–H groups in total.